The molecule has 0 fully saturated rings. The number of anilines is 1. The predicted octanol–water partition coefficient (Wildman–Crippen LogP) is 5.89. The molecule has 0 saturated carbocycles. The van der Waals surface area contributed by atoms with E-state index in [2.05, 4.69) is 83.6 Å². The lowest BCUT2D eigenvalue weighted by atomic mass is 9.76. The highest BCUT2D eigenvalue weighted by Crippen LogP contribution is 2.51. The lowest BCUT2D eigenvalue weighted by Gasteiger charge is -2.39. The van der Waals surface area contributed by atoms with Gasteiger partial charge in [0.25, 0.3) is 0 Å². The van der Waals surface area contributed by atoms with Crippen molar-refractivity contribution in [1.82, 2.24) is 0 Å². The highest BCUT2D eigenvalue weighted by atomic mass is 79.9. The molecule has 1 aliphatic carbocycles. The lowest BCUT2D eigenvalue weighted by molar-refractivity contribution is 0.424. The zero-order valence-electron chi connectivity index (χ0n) is 12.9. The Labute approximate surface area is 140 Å². The van der Waals surface area contributed by atoms with Crippen LogP contribution in [0.5, 0.6) is 0 Å². The maximum Gasteiger partial charge on any atom is 0.0565 e. The quantitative estimate of drug-likeness (QED) is 0.630. The molecule has 0 bridgehead atoms. The first-order chi connectivity index (χ1) is 10.7. The molecule has 22 heavy (non-hydrogen) atoms. The van der Waals surface area contributed by atoms with E-state index in [9.17, 15) is 0 Å². The van der Waals surface area contributed by atoms with Gasteiger partial charge in [0.15, 0.2) is 0 Å². The van der Waals surface area contributed by atoms with Gasteiger partial charge in [-0.05, 0) is 54.5 Å². The zero-order chi connectivity index (χ0) is 15.3. The molecule has 3 atom stereocenters. The number of allylic oxidation sites excluding steroid dienone is 2. The Morgan fingerprint density at radius 1 is 1.05 bits per heavy atom. The molecule has 0 radical (unpaired) electrons. The highest BCUT2D eigenvalue weighted by Gasteiger charge is 2.38. The van der Waals surface area contributed by atoms with Crippen molar-refractivity contribution in [1.29, 1.82) is 0 Å². The molecule has 2 aromatic carbocycles. The SMILES string of the molecule is Cc1ccc2c(c1C)N[C@H](c1ccccc1Br)[C@@H]1CC=C[C@@H]21. The van der Waals surface area contributed by atoms with Crippen LogP contribution in [0.4, 0.5) is 5.69 Å². The molecule has 2 aliphatic rings. The van der Waals surface area contributed by atoms with E-state index in [4.69, 9.17) is 0 Å². The van der Waals surface area contributed by atoms with Crippen molar-refractivity contribution >= 4 is 21.6 Å². The third-order valence-corrected chi connectivity index (χ3v) is 6.03. The van der Waals surface area contributed by atoms with E-state index in [1.54, 1.807) is 0 Å². The number of rotatable bonds is 1. The molecule has 1 heterocycles. The van der Waals surface area contributed by atoms with Crippen LogP contribution in [-0.2, 0) is 0 Å². The molecule has 0 aromatic heterocycles. The van der Waals surface area contributed by atoms with Crippen molar-refractivity contribution in [2.75, 3.05) is 5.32 Å². The van der Waals surface area contributed by atoms with Gasteiger partial charge < -0.3 is 5.32 Å². The van der Waals surface area contributed by atoms with Crippen molar-refractivity contribution in [2.45, 2.75) is 32.2 Å². The summed E-state index contributed by atoms with van der Waals surface area (Å²) in [6, 6.07) is 13.6. The standard InChI is InChI=1S/C20H20BrN/c1-12-10-11-16-14-7-5-8-15(14)20(22-19(16)13(12)2)17-6-3-4-9-18(17)21/h3-7,9-11,14-15,20,22H,8H2,1-2H3/t14-,15-,20+/m1/s1. The van der Waals surface area contributed by atoms with Crippen LogP contribution >= 0.6 is 15.9 Å². The predicted molar refractivity (Wildman–Crippen MR) is 96.4 cm³/mol. The summed E-state index contributed by atoms with van der Waals surface area (Å²) >= 11 is 3.74. The van der Waals surface area contributed by atoms with Gasteiger partial charge in [-0.15, -0.1) is 0 Å². The molecule has 112 valence electrons. The molecule has 0 spiro atoms. The van der Waals surface area contributed by atoms with Gasteiger partial charge in [0.05, 0.1) is 6.04 Å². The van der Waals surface area contributed by atoms with Crippen LogP contribution in [0.3, 0.4) is 0 Å². The fraction of sp³-hybridized carbons (Fsp3) is 0.300. The maximum absolute atomic E-state index is 3.86. The van der Waals surface area contributed by atoms with Gasteiger partial charge in [0.2, 0.25) is 0 Å². The van der Waals surface area contributed by atoms with Crippen molar-refractivity contribution < 1.29 is 0 Å². The Morgan fingerprint density at radius 3 is 2.68 bits per heavy atom. The Bertz CT molecular complexity index is 762. The Morgan fingerprint density at radius 2 is 1.86 bits per heavy atom. The second kappa shape index (κ2) is 5.27. The van der Waals surface area contributed by atoms with Crippen molar-refractivity contribution in [3.05, 3.63) is 75.3 Å². The van der Waals surface area contributed by atoms with Gasteiger partial charge in [0, 0.05) is 16.1 Å². The summed E-state index contributed by atoms with van der Waals surface area (Å²) in [7, 11) is 0. The third kappa shape index (κ3) is 2.04. The number of hydrogen-bond acceptors (Lipinski definition) is 1. The van der Waals surface area contributed by atoms with E-state index >= 15 is 0 Å². The molecule has 1 aliphatic heterocycles. The van der Waals surface area contributed by atoms with Gasteiger partial charge in [-0.25, -0.2) is 0 Å². The molecular weight excluding hydrogens is 334 g/mol. The summed E-state index contributed by atoms with van der Waals surface area (Å²) in [6.07, 6.45) is 5.91. The number of hydrogen-bond donors (Lipinski definition) is 1. The average molecular weight is 354 g/mol. The van der Waals surface area contributed by atoms with Crippen molar-refractivity contribution in [2.24, 2.45) is 5.92 Å². The second-order valence-corrected chi connectivity index (χ2v) is 7.32. The van der Waals surface area contributed by atoms with Gasteiger partial charge in [-0.1, -0.05) is 58.4 Å². The maximum atomic E-state index is 3.86. The number of nitrogens with one attached hydrogen (secondary N) is 1. The minimum absolute atomic E-state index is 0.364. The average Bonchev–Trinajstić information content (AvgIpc) is 3.00. The first-order valence-electron chi connectivity index (χ1n) is 7.94. The first kappa shape index (κ1) is 14.1. The highest BCUT2D eigenvalue weighted by molar-refractivity contribution is 9.10. The summed E-state index contributed by atoms with van der Waals surface area (Å²) in [5.41, 5.74) is 6.91. The van der Waals surface area contributed by atoms with E-state index < -0.39 is 0 Å². The number of halogens is 1. The molecule has 4 rings (SSSR count). The second-order valence-electron chi connectivity index (χ2n) is 6.47. The van der Waals surface area contributed by atoms with Crippen LogP contribution in [0.25, 0.3) is 0 Å². The Kier molecular flexibility index (Phi) is 3.37. The third-order valence-electron chi connectivity index (χ3n) is 5.31. The lowest BCUT2D eigenvalue weighted by Crippen LogP contribution is -2.30. The largest absolute Gasteiger partial charge is 0.377 e. The zero-order valence-corrected chi connectivity index (χ0v) is 14.5. The molecule has 0 amide bonds. The van der Waals surface area contributed by atoms with Crippen molar-refractivity contribution in [3.63, 3.8) is 0 Å². The smallest absolute Gasteiger partial charge is 0.0565 e. The summed E-state index contributed by atoms with van der Waals surface area (Å²) in [6.45, 7) is 4.43. The number of aryl methyl sites for hydroxylation is 1. The Balaban J connectivity index is 1.87. The fourth-order valence-electron chi connectivity index (χ4n) is 3.95. The van der Waals surface area contributed by atoms with E-state index in [1.165, 1.54) is 32.4 Å². The molecular formula is C20H20BrN. The summed E-state index contributed by atoms with van der Waals surface area (Å²) in [5.74, 6) is 1.14. The van der Waals surface area contributed by atoms with Crippen LogP contribution in [0.2, 0.25) is 0 Å². The minimum Gasteiger partial charge on any atom is -0.377 e. The summed E-state index contributed by atoms with van der Waals surface area (Å²) in [5, 5.41) is 3.86. The first-order valence-corrected chi connectivity index (χ1v) is 8.74. The molecule has 2 aromatic rings. The van der Waals surface area contributed by atoms with E-state index in [0.29, 0.717) is 17.9 Å². The molecule has 0 saturated heterocycles. The summed E-state index contributed by atoms with van der Waals surface area (Å²) < 4.78 is 1.20. The monoisotopic (exact) mass is 353 g/mol. The number of benzene rings is 2. The minimum atomic E-state index is 0.364. The van der Waals surface area contributed by atoms with Gasteiger partial charge in [0.1, 0.15) is 0 Å². The van der Waals surface area contributed by atoms with Crippen LogP contribution < -0.4 is 5.32 Å². The van der Waals surface area contributed by atoms with Crippen molar-refractivity contribution in [3.8, 4) is 0 Å². The summed E-state index contributed by atoms with van der Waals surface area (Å²) in [4.78, 5) is 0. The number of fused-ring (bicyclic) bond motifs is 3. The normalized spacial score (nSPS) is 25.5. The van der Waals surface area contributed by atoms with Crippen LogP contribution in [-0.4, -0.2) is 0 Å². The Hall–Kier alpha value is -1.54. The molecule has 1 nitrogen and oxygen atoms in total. The fourth-order valence-corrected chi connectivity index (χ4v) is 4.49. The van der Waals surface area contributed by atoms with E-state index in [-0.39, 0.29) is 0 Å². The van der Waals surface area contributed by atoms with Crippen LogP contribution in [0.15, 0.2) is 53.0 Å². The van der Waals surface area contributed by atoms with Crippen LogP contribution in [0.1, 0.15) is 40.6 Å². The van der Waals surface area contributed by atoms with E-state index in [0.717, 1.165) is 6.42 Å². The topological polar surface area (TPSA) is 12.0 Å². The van der Waals surface area contributed by atoms with Crippen LogP contribution in [0, 0.1) is 19.8 Å². The van der Waals surface area contributed by atoms with Gasteiger partial charge in [-0.3, -0.25) is 0 Å². The molecule has 1 N–H and O–H groups in total. The molecule has 0 unspecified atom stereocenters. The van der Waals surface area contributed by atoms with Gasteiger partial charge in [-0.2, -0.15) is 0 Å². The van der Waals surface area contributed by atoms with E-state index in [1.807, 2.05) is 0 Å². The molecule has 2 heteroatoms. The van der Waals surface area contributed by atoms with Gasteiger partial charge >= 0.3 is 0 Å².